The number of rotatable bonds is 3. The van der Waals surface area contributed by atoms with Gasteiger partial charge in [0, 0.05) is 12.1 Å². The summed E-state index contributed by atoms with van der Waals surface area (Å²) in [7, 11) is -3.57. The van der Waals surface area contributed by atoms with E-state index in [1.807, 2.05) is 27.7 Å². The molecular formula is C12H22N4O2S. The number of nitrogens with one attached hydrogen (secondary N) is 2. The summed E-state index contributed by atoms with van der Waals surface area (Å²) in [5.41, 5.74) is 6.13. The van der Waals surface area contributed by atoms with E-state index in [0.29, 0.717) is 5.69 Å². The maximum absolute atomic E-state index is 12.4. The zero-order valence-corrected chi connectivity index (χ0v) is 12.8. The molecule has 1 saturated carbocycles. The van der Waals surface area contributed by atoms with E-state index in [2.05, 4.69) is 14.9 Å². The highest BCUT2D eigenvalue weighted by atomic mass is 32.2. The molecule has 1 aromatic rings. The van der Waals surface area contributed by atoms with E-state index < -0.39 is 10.0 Å². The fraction of sp³-hybridized carbons (Fsp3) is 0.750. The zero-order chi connectivity index (χ0) is 14.6. The molecule has 1 heterocycles. The van der Waals surface area contributed by atoms with Crippen molar-refractivity contribution < 1.29 is 8.42 Å². The molecule has 1 aliphatic rings. The third-order valence-electron chi connectivity index (χ3n) is 4.44. The third kappa shape index (κ3) is 2.00. The number of aryl methyl sites for hydroxylation is 1. The first-order valence-corrected chi connectivity index (χ1v) is 7.77. The van der Waals surface area contributed by atoms with E-state index >= 15 is 0 Å². The highest BCUT2D eigenvalue weighted by molar-refractivity contribution is 7.89. The van der Waals surface area contributed by atoms with Gasteiger partial charge in [-0.05, 0) is 17.8 Å². The molecule has 1 aromatic heterocycles. The molecule has 0 saturated heterocycles. The summed E-state index contributed by atoms with van der Waals surface area (Å²) in [4.78, 5) is 0.194. The molecule has 4 N–H and O–H groups in total. The van der Waals surface area contributed by atoms with E-state index in [0.717, 1.165) is 0 Å². The van der Waals surface area contributed by atoms with Crippen LogP contribution in [0, 0.1) is 17.8 Å². The predicted octanol–water partition coefficient (Wildman–Crippen LogP) is 0.758. The Hall–Kier alpha value is -0.920. The van der Waals surface area contributed by atoms with Gasteiger partial charge in [0.25, 0.3) is 0 Å². The fourth-order valence-electron chi connectivity index (χ4n) is 3.31. The van der Waals surface area contributed by atoms with Crippen molar-refractivity contribution >= 4 is 10.0 Å². The SMILES string of the molecule is Cc1[nH]ncc1S(=O)(=O)NC1C(C)(C)C(N)C1(C)C. The van der Waals surface area contributed by atoms with Crippen molar-refractivity contribution in [1.29, 1.82) is 0 Å². The summed E-state index contributed by atoms with van der Waals surface area (Å²) in [6.07, 6.45) is 1.33. The second kappa shape index (κ2) is 4.04. The highest BCUT2D eigenvalue weighted by Gasteiger charge is 2.61. The second-order valence-corrected chi connectivity index (χ2v) is 8.22. The van der Waals surface area contributed by atoms with Crippen molar-refractivity contribution in [3.8, 4) is 0 Å². The Balaban J connectivity index is 2.30. The first-order valence-electron chi connectivity index (χ1n) is 6.29. The lowest BCUT2D eigenvalue weighted by Gasteiger charge is -2.62. The van der Waals surface area contributed by atoms with E-state index in [-0.39, 0.29) is 27.8 Å². The Labute approximate surface area is 114 Å². The van der Waals surface area contributed by atoms with Gasteiger partial charge in [-0.15, -0.1) is 0 Å². The lowest BCUT2D eigenvalue weighted by Crippen LogP contribution is -2.75. The van der Waals surface area contributed by atoms with Crippen molar-refractivity contribution in [2.75, 3.05) is 0 Å². The lowest BCUT2D eigenvalue weighted by atomic mass is 9.49. The molecule has 0 unspecified atom stereocenters. The number of sulfonamides is 1. The van der Waals surface area contributed by atoms with Crippen LogP contribution in [0.2, 0.25) is 0 Å². The van der Waals surface area contributed by atoms with Crippen LogP contribution in [-0.2, 0) is 10.0 Å². The van der Waals surface area contributed by atoms with Gasteiger partial charge in [-0.1, -0.05) is 27.7 Å². The minimum atomic E-state index is -3.57. The quantitative estimate of drug-likeness (QED) is 0.763. The molecule has 0 bridgehead atoms. The molecule has 0 atom stereocenters. The topological polar surface area (TPSA) is 101 Å². The highest BCUT2D eigenvalue weighted by Crippen LogP contribution is 2.52. The molecule has 7 heteroatoms. The molecule has 6 nitrogen and oxygen atoms in total. The van der Waals surface area contributed by atoms with Gasteiger partial charge in [0.05, 0.1) is 11.9 Å². The maximum Gasteiger partial charge on any atom is 0.244 e. The molecule has 1 fully saturated rings. The summed E-state index contributed by atoms with van der Waals surface area (Å²) in [5, 5.41) is 6.40. The molecule has 0 aromatic carbocycles. The van der Waals surface area contributed by atoms with Crippen LogP contribution in [0.1, 0.15) is 33.4 Å². The fourth-order valence-corrected chi connectivity index (χ4v) is 5.00. The number of aromatic nitrogens is 2. The zero-order valence-electron chi connectivity index (χ0n) is 12.0. The summed E-state index contributed by atoms with van der Waals surface area (Å²) in [6.45, 7) is 9.62. The Morgan fingerprint density at radius 1 is 1.32 bits per heavy atom. The molecule has 0 radical (unpaired) electrons. The predicted molar refractivity (Wildman–Crippen MR) is 73.0 cm³/mol. The van der Waals surface area contributed by atoms with Crippen molar-refractivity contribution in [3.63, 3.8) is 0 Å². The Morgan fingerprint density at radius 2 is 1.84 bits per heavy atom. The molecule has 1 aliphatic carbocycles. The van der Waals surface area contributed by atoms with Crippen molar-refractivity contribution in [3.05, 3.63) is 11.9 Å². The first-order chi connectivity index (χ1) is 8.51. The molecule has 108 valence electrons. The smallest absolute Gasteiger partial charge is 0.244 e. The van der Waals surface area contributed by atoms with E-state index in [1.54, 1.807) is 6.92 Å². The number of hydrogen-bond acceptors (Lipinski definition) is 4. The molecule has 2 rings (SSSR count). The minimum Gasteiger partial charge on any atom is -0.327 e. The number of H-pyrrole nitrogens is 1. The number of nitrogens with two attached hydrogens (primary N) is 1. The Kier molecular flexibility index (Phi) is 3.08. The largest absolute Gasteiger partial charge is 0.327 e. The number of hydrogen-bond donors (Lipinski definition) is 3. The van der Waals surface area contributed by atoms with Crippen LogP contribution in [-0.4, -0.2) is 30.7 Å². The second-order valence-electron chi connectivity index (χ2n) is 6.53. The van der Waals surface area contributed by atoms with Gasteiger partial charge in [-0.25, -0.2) is 13.1 Å². The number of nitrogens with zero attached hydrogens (tertiary/aromatic N) is 1. The molecule has 0 aliphatic heterocycles. The van der Waals surface area contributed by atoms with Gasteiger partial charge in [-0.2, -0.15) is 5.10 Å². The molecule has 0 amide bonds. The lowest BCUT2D eigenvalue weighted by molar-refractivity contribution is -0.0593. The normalized spacial score (nSPS) is 28.9. The minimum absolute atomic E-state index is 0.0434. The van der Waals surface area contributed by atoms with Crippen molar-refractivity contribution in [1.82, 2.24) is 14.9 Å². The molecule has 19 heavy (non-hydrogen) atoms. The van der Waals surface area contributed by atoms with Gasteiger partial charge >= 0.3 is 0 Å². The van der Waals surface area contributed by atoms with Crippen LogP contribution in [0.4, 0.5) is 0 Å². The van der Waals surface area contributed by atoms with Crippen LogP contribution < -0.4 is 10.5 Å². The van der Waals surface area contributed by atoms with Crippen LogP contribution >= 0.6 is 0 Å². The van der Waals surface area contributed by atoms with Gasteiger partial charge in [0.2, 0.25) is 10.0 Å². The van der Waals surface area contributed by atoms with Gasteiger partial charge in [0.15, 0.2) is 0 Å². The number of aromatic amines is 1. The Morgan fingerprint density at radius 3 is 2.26 bits per heavy atom. The summed E-state index contributed by atoms with van der Waals surface area (Å²) >= 11 is 0. The standard InChI is InChI=1S/C12H22N4O2S/c1-7-8(6-14-15-7)19(17,18)16-10-11(2,3)9(13)12(10,4)5/h6,9-10,16H,13H2,1-5H3,(H,14,15). The van der Waals surface area contributed by atoms with Crippen molar-refractivity contribution in [2.24, 2.45) is 16.6 Å². The Bertz CT molecular complexity index is 573. The van der Waals surface area contributed by atoms with Crippen molar-refractivity contribution in [2.45, 2.75) is 51.6 Å². The third-order valence-corrected chi connectivity index (χ3v) is 5.97. The molecule has 0 spiro atoms. The average molecular weight is 286 g/mol. The van der Waals surface area contributed by atoms with Gasteiger partial charge in [-0.3, -0.25) is 5.10 Å². The monoisotopic (exact) mass is 286 g/mol. The summed E-state index contributed by atoms with van der Waals surface area (Å²) < 4.78 is 27.6. The van der Waals surface area contributed by atoms with E-state index in [4.69, 9.17) is 5.73 Å². The van der Waals surface area contributed by atoms with Gasteiger partial charge in [0.1, 0.15) is 4.90 Å². The van der Waals surface area contributed by atoms with Crippen LogP contribution in [0.15, 0.2) is 11.1 Å². The maximum atomic E-state index is 12.4. The first kappa shape index (κ1) is 14.5. The summed E-state index contributed by atoms with van der Waals surface area (Å²) in [6, 6.07) is -0.243. The van der Waals surface area contributed by atoms with Crippen LogP contribution in [0.3, 0.4) is 0 Å². The summed E-state index contributed by atoms with van der Waals surface area (Å²) in [5.74, 6) is 0. The molecular weight excluding hydrogens is 264 g/mol. The van der Waals surface area contributed by atoms with E-state index in [9.17, 15) is 8.42 Å². The average Bonchev–Trinajstić information content (AvgIpc) is 2.72. The van der Waals surface area contributed by atoms with Crippen LogP contribution in [0.5, 0.6) is 0 Å². The van der Waals surface area contributed by atoms with Crippen LogP contribution in [0.25, 0.3) is 0 Å². The van der Waals surface area contributed by atoms with E-state index in [1.165, 1.54) is 6.20 Å². The van der Waals surface area contributed by atoms with Gasteiger partial charge < -0.3 is 5.73 Å².